The fraction of sp³-hybridized carbons (Fsp3) is 0.0833. The Bertz CT molecular complexity index is 1240. The minimum Gasteiger partial charge on any atom is -0.489 e. The van der Waals surface area contributed by atoms with Crippen LogP contribution in [0.25, 0.3) is 0 Å². The molecule has 4 aromatic rings. The van der Waals surface area contributed by atoms with E-state index in [4.69, 9.17) is 27.9 Å². The van der Waals surface area contributed by atoms with Crippen LogP contribution in [-0.2, 0) is 13.2 Å². The molecule has 3 aromatic carbocycles. The second-order valence-corrected chi connectivity index (χ2v) is 7.88. The molecular weight excluding hydrogens is 452 g/mol. The highest BCUT2D eigenvalue weighted by Crippen LogP contribution is 2.20. The molecule has 1 amide bonds. The van der Waals surface area contributed by atoms with E-state index in [2.05, 4.69) is 10.4 Å². The fourth-order valence-electron chi connectivity index (χ4n) is 3.01. The molecule has 0 saturated carbocycles. The second-order valence-electron chi connectivity index (χ2n) is 7.03. The first-order valence-corrected chi connectivity index (χ1v) is 10.5. The summed E-state index contributed by atoms with van der Waals surface area (Å²) >= 11 is 12.0. The van der Waals surface area contributed by atoms with Crippen LogP contribution in [0.1, 0.15) is 21.5 Å². The molecule has 0 fully saturated rings. The van der Waals surface area contributed by atoms with E-state index in [0.717, 1.165) is 11.1 Å². The summed E-state index contributed by atoms with van der Waals surface area (Å²) < 4.78 is 20.5. The van der Waals surface area contributed by atoms with Gasteiger partial charge in [-0.1, -0.05) is 47.5 Å². The van der Waals surface area contributed by atoms with Gasteiger partial charge in [0, 0.05) is 27.9 Å². The van der Waals surface area contributed by atoms with Gasteiger partial charge in [0.2, 0.25) is 0 Å². The third kappa shape index (κ3) is 5.66. The van der Waals surface area contributed by atoms with E-state index in [1.807, 2.05) is 24.3 Å². The van der Waals surface area contributed by atoms with Crippen molar-refractivity contribution in [1.29, 1.82) is 0 Å². The zero-order valence-electron chi connectivity index (χ0n) is 16.8. The SMILES string of the molecule is O=C(Nc1ccn(Cc2ccc(F)cc2Cl)n1)c1ccc(COc2cccc(Cl)c2)cc1. The van der Waals surface area contributed by atoms with Crippen molar-refractivity contribution in [3.8, 4) is 5.75 Å². The van der Waals surface area contributed by atoms with Gasteiger partial charge in [0.1, 0.15) is 18.2 Å². The quantitative estimate of drug-likeness (QED) is 0.350. The number of nitrogens with one attached hydrogen (secondary N) is 1. The van der Waals surface area contributed by atoms with E-state index in [9.17, 15) is 9.18 Å². The number of carbonyl (C=O) groups excluding carboxylic acids is 1. The Balaban J connectivity index is 1.33. The molecule has 162 valence electrons. The molecule has 0 atom stereocenters. The largest absolute Gasteiger partial charge is 0.489 e. The van der Waals surface area contributed by atoms with E-state index in [1.165, 1.54) is 12.1 Å². The summed E-state index contributed by atoms with van der Waals surface area (Å²) in [6, 6.07) is 20.2. The normalized spacial score (nSPS) is 10.7. The Hall–Kier alpha value is -3.35. The minimum absolute atomic E-state index is 0.280. The molecular formula is C24H18Cl2FN3O2. The van der Waals surface area contributed by atoms with E-state index in [-0.39, 0.29) is 5.91 Å². The summed E-state index contributed by atoms with van der Waals surface area (Å²) in [5.74, 6) is 0.407. The lowest BCUT2D eigenvalue weighted by molar-refractivity contribution is 0.102. The predicted octanol–water partition coefficient (Wildman–Crippen LogP) is 6.21. The topological polar surface area (TPSA) is 56.2 Å². The lowest BCUT2D eigenvalue weighted by atomic mass is 10.1. The number of nitrogens with zero attached hydrogens (tertiary/aromatic N) is 2. The third-order valence-corrected chi connectivity index (χ3v) is 5.23. The average molecular weight is 470 g/mol. The van der Waals surface area contributed by atoms with Crippen LogP contribution in [0.15, 0.2) is 79.0 Å². The third-order valence-electron chi connectivity index (χ3n) is 4.65. The number of ether oxygens (including phenoxy) is 1. The van der Waals surface area contributed by atoms with Gasteiger partial charge in [0.15, 0.2) is 5.82 Å². The van der Waals surface area contributed by atoms with Crippen LogP contribution < -0.4 is 10.1 Å². The number of hydrogen-bond acceptors (Lipinski definition) is 3. The Morgan fingerprint density at radius 3 is 2.59 bits per heavy atom. The van der Waals surface area contributed by atoms with Crippen molar-refractivity contribution in [2.75, 3.05) is 5.32 Å². The standard InChI is InChI=1S/C24H18Cl2FN3O2/c25-19-2-1-3-21(12-19)32-15-16-4-6-17(7-5-16)24(31)28-23-10-11-30(29-23)14-18-8-9-20(27)13-22(18)26/h1-13H,14-15H2,(H,28,29,31). The molecule has 32 heavy (non-hydrogen) atoms. The van der Waals surface area contributed by atoms with Crippen molar-refractivity contribution >= 4 is 34.9 Å². The van der Waals surface area contributed by atoms with Crippen LogP contribution in [0.2, 0.25) is 10.0 Å². The summed E-state index contributed by atoms with van der Waals surface area (Å²) in [6.45, 7) is 0.717. The summed E-state index contributed by atoms with van der Waals surface area (Å²) in [4.78, 5) is 12.5. The van der Waals surface area contributed by atoms with Gasteiger partial charge in [0.05, 0.1) is 6.54 Å². The van der Waals surface area contributed by atoms with Crippen LogP contribution in [-0.4, -0.2) is 15.7 Å². The zero-order valence-corrected chi connectivity index (χ0v) is 18.3. The molecule has 0 spiro atoms. The fourth-order valence-corrected chi connectivity index (χ4v) is 3.41. The van der Waals surface area contributed by atoms with Gasteiger partial charge in [-0.2, -0.15) is 5.10 Å². The monoisotopic (exact) mass is 469 g/mol. The van der Waals surface area contributed by atoms with E-state index >= 15 is 0 Å². The van der Waals surface area contributed by atoms with Crippen molar-refractivity contribution in [3.05, 3.63) is 112 Å². The highest BCUT2D eigenvalue weighted by molar-refractivity contribution is 6.31. The zero-order chi connectivity index (χ0) is 22.5. The van der Waals surface area contributed by atoms with Crippen LogP contribution in [0.5, 0.6) is 5.75 Å². The summed E-state index contributed by atoms with van der Waals surface area (Å²) in [5.41, 5.74) is 2.14. The number of halogens is 3. The van der Waals surface area contributed by atoms with Gasteiger partial charge in [-0.05, 0) is 53.6 Å². The minimum atomic E-state index is -0.394. The first-order chi connectivity index (χ1) is 15.5. The number of amides is 1. The van der Waals surface area contributed by atoms with Gasteiger partial charge in [-0.15, -0.1) is 0 Å². The van der Waals surface area contributed by atoms with Crippen molar-refractivity contribution < 1.29 is 13.9 Å². The van der Waals surface area contributed by atoms with Crippen molar-refractivity contribution in [2.24, 2.45) is 0 Å². The first kappa shape index (κ1) is 21.9. The van der Waals surface area contributed by atoms with E-state index < -0.39 is 5.82 Å². The van der Waals surface area contributed by atoms with Crippen molar-refractivity contribution in [1.82, 2.24) is 9.78 Å². The van der Waals surface area contributed by atoms with Gasteiger partial charge >= 0.3 is 0 Å². The molecule has 0 aliphatic carbocycles. The number of anilines is 1. The molecule has 0 unspecified atom stereocenters. The number of hydrogen-bond donors (Lipinski definition) is 1. The van der Waals surface area contributed by atoms with E-state index in [1.54, 1.807) is 47.3 Å². The number of carbonyl (C=O) groups is 1. The molecule has 0 saturated heterocycles. The maximum absolute atomic E-state index is 13.2. The van der Waals surface area contributed by atoms with Crippen molar-refractivity contribution in [2.45, 2.75) is 13.2 Å². The van der Waals surface area contributed by atoms with Gasteiger partial charge in [0.25, 0.3) is 5.91 Å². The molecule has 1 heterocycles. The number of aromatic nitrogens is 2. The molecule has 0 aliphatic heterocycles. The Morgan fingerprint density at radius 1 is 1.03 bits per heavy atom. The Morgan fingerprint density at radius 2 is 1.84 bits per heavy atom. The molecule has 8 heteroatoms. The predicted molar refractivity (Wildman–Crippen MR) is 123 cm³/mol. The summed E-state index contributed by atoms with van der Waals surface area (Å²) in [5, 5.41) is 8.02. The second kappa shape index (κ2) is 9.85. The van der Waals surface area contributed by atoms with Gasteiger partial charge in [-0.25, -0.2) is 4.39 Å². The Labute approximate surface area is 194 Å². The number of benzene rings is 3. The van der Waals surface area contributed by atoms with E-state index in [0.29, 0.717) is 40.3 Å². The lowest BCUT2D eigenvalue weighted by Gasteiger charge is -2.08. The summed E-state index contributed by atoms with van der Waals surface area (Å²) in [6.07, 6.45) is 1.71. The molecule has 0 aliphatic rings. The average Bonchev–Trinajstić information content (AvgIpc) is 3.21. The maximum Gasteiger partial charge on any atom is 0.256 e. The van der Waals surface area contributed by atoms with Crippen LogP contribution in [0, 0.1) is 5.82 Å². The molecule has 1 N–H and O–H groups in total. The highest BCUT2D eigenvalue weighted by Gasteiger charge is 2.10. The molecule has 0 bridgehead atoms. The first-order valence-electron chi connectivity index (χ1n) is 9.72. The molecule has 4 rings (SSSR count). The van der Waals surface area contributed by atoms with Crippen LogP contribution in [0.4, 0.5) is 10.2 Å². The molecule has 5 nitrogen and oxygen atoms in total. The Kier molecular flexibility index (Phi) is 6.73. The highest BCUT2D eigenvalue weighted by atomic mass is 35.5. The number of rotatable bonds is 7. The maximum atomic E-state index is 13.2. The van der Waals surface area contributed by atoms with Crippen LogP contribution in [0.3, 0.4) is 0 Å². The molecule has 1 aromatic heterocycles. The summed E-state index contributed by atoms with van der Waals surface area (Å²) in [7, 11) is 0. The van der Waals surface area contributed by atoms with Gasteiger partial charge < -0.3 is 10.1 Å². The van der Waals surface area contributed by atoms with Gasteiger partial charge in [-0.3, -0.25) is 9.48 Å². The van der Waals surface area contributed by atoms with Crippen molar-refractivity contribution in [3.63, 3.8) is 0 Å². The molecule has 0 radical (unpaired) electrons. The smallest absolute Gasteiger partial charge is 0.256 e. The lowest BCUT2D eigenvalue weighted by Crippen LogP contribution is -2.13. The van der Waals surface area contributed by atoms with Crippen LogP contribution >= 0.6 is 23.2 Å².